The van der Waals surface area contributed by atoms with Gasteiger partial charge in [-0.25, -0.2) is 4.39 Å². The van der Waals surface area contributed by atoms with Gasteiger partial charge in [-0.05, 0) is 19.5 Å². The summed E-state index contributed by atoms with van der Waals surface area (Å²) in [4.78, 5) is 0. The van der Waals surface area contributed by atoms with E-state index in [0.29, 0.717) is 17.5 Å². The zero-order chi connectivity index (χ0) is 10.6. The molecule has 1 nitrogen and oxygen atoms in total. The summed E-state index contributed by atoms with van der Waals surface area (Å²) in [6, 6.07) is 5.26. The number of terminal acetylenes is 1. The van der Waals surface area contributed by atoms with E-state index in [0.717, 1.165) is 0 Å². The highest BCUT2D eigenvalue weighted by molar-refractivity contribution is 5.28. The molecule has 74 valence electrons. The highest BCUT2D eigenvalue weighted by Gasteiger charge is 2.13. The van der Waals surface area contributed by atoms with Crippen molar-refractivity contribution in [3.05, 3.63) is 35.1 Å². The van der Waals surface area contributed by atoms with Crippen molar-refractivity contribution in [2.24, 2.45) is 0 Å². The molecule has 0 saturated carbocycles. The third-order valence-electron chi connectivity index (χ3n) is 2.27. The molecular weight excluding hydrogens is 177 g/mol. The van der Waals surface area contributed by atoms with Crippen LogP contribution in [0.4, 0.5) is 4.39 Å². The van der Waals surface area contributed by atoms with E-state index in [1.807, 2.05) is 6.07 Å². The van der Waals surface area contributed by atoms with E-state index >= 15 is 0 Å². The number of benzene rings is 1. The van der Waals surface area contributed by atoms with E-state index in [4.69, 9.17) is 6.42 Å². The molecule has 1 aromatic rings. The average molecular weight is 191 g/mol. The summed E-state index contributed by atoms with van der Waals surface area (Å²) in [5.74, 6) is 2.37. The molecular formula is C12H14FN. The first-order valence-corrected chi connectivity index (χ1v) is 4.56. The fourth-order valence-corrected chi connectivity index (χ4v) is 1.42. The lowest BCUT2D eigenvalue weighted by Crippen LogP contribution is -2.17. The van der Waals surface area contributed by atoms with Crippen LogP contribution < -0.4 is 5.32 Å². The first-order valence-electron chi connectivity index (χ1n) is 4.56. The molecule has 2 heteroatoms. The Bertz CT molecular complexity index is 352. The molecule has 0 radical (unpaired) electrons. The second kappa shape index (κ2) is 4.78. The fourth-order valence-electron chi connectivity index (χ4n) is 1.42. The van der Waals surface area contributed by atoms with Gasteiger partial charge in [0.05, 0.1) is 0 Å². The summed E-state index contributed by atoms with van der Waals surface area (Å²) < 4.78 is 13.7. The second-order valence-corrected chi connectivity index (χ2v) is 3.23. The highest BCUT2D eigenvalue weighted by atomic mass is 19.1. The number of aryl methyl sites for hydroxylation is 1. The van der Waals surface area contributed by atoms with Crippen molar-refractivity contribution < 1.29 is 4.39 Å². The van der Waals surface area contributed by atoms with E-state index in [9.17, 15) is 4.39 Å². The predicted octanol–water partition coefficient (Wildman–Crippen LogP) is 2.42. The molecule has 0 bridgehead atoms. The summed E-state index contributed by atoms with van der Waals surface area (Å²) in [6.07, 6.45) is 5.71. The fraction of sp³-hybridized carbons (Fsp3) is 0.333. The second-order valence-electron chi connectivity index (χ2n) is 3.23. The molecule has 0 saturated heterocycles. The van der Waals surface area contributed by atoms with Crippen LogP contribution in [0, 0.1) is 25.1 Å². The Morgan fingerprint density at radius 2 is 2.29 bits per heavy atom. The van der Waals surface area contributed by atoms with Gasteiger partial charge in [-0.2, -0.15) is 0 Å². The smallest absolute Gasteiger partial charge is 0.130 e. The van der Waals surface area contributed by atoms with Crippen molar-refractivity contribution in [3.63, 3.8) is 0 Å². The van der Waals surface area contributed by atoms with Gasteiger partial charge in [0, 0.05) is 18.0 Å². The van der Waals surface area contributed by atoms with Crippen LogP contribution in [-0.2, 0) is 0 Å². The van der Waals surface area contributed by atoms with Gasteiger partial charge in [-0.15, -0.1) is 12.3 Å². The summed E-state index contributed by atoms with van der Waals surface area (Å²) in [5.41, 5.74) is 1.30. The van der Waals surface area contributed by atoms with E-state index in [1.165, 1.54) is 0 Å². The molecule has 0 aliphatic heterocycles. The van der Waals surface area contributed by atoms with Gasteiger partial charge in [-0.3, -0.25) is 0 Å². The van der Waals surface area contributed by atoms with Gasteiger partial charge >= 0.3 is 0 Å². The minimum Gasteiger partial charge on any atom is -0.312 e. The van der Waals surface area contributed by atoms with Crippen LogP contribution >= 0.6 is 0 Å². The summed E-state index contributed by atoms with van der Waals surface area (Å²) in [5, 5.41) is 3.00. The molecule has 0 aliphatic rings. The van der Waals surface area contributed by atoms with E-state index in [2.05, 4.69) is 11.2 Å². The van der Waals surface area contributed by atoms with Crippen LogP contribution in [0.3, 0.4) is 0 Å². The first-order chi connectivity index (χ1) is 6.70. The molecule has 0 aromatic heterocycles. The maximum absolute atomic E-state index is 13.7. The summed E-state index contributed by atoms with van der Waals surface area (Å²) in [7, 11) is 1.78. The number of hydrogen-bond donors (Lipinski definition) is 1. The maximum atomic E-state index is 13.7. The van der Waals surface area contributed by atoms with Crippen molar-refractivity contribution in [1.29, 1.82) is 0 Å². The molecule has 1 aromatic carbocycles. The number of halogens is 1. The molecule has 1 rings (SSSR count). The molecule has 0 spiro atoms. The van der Waals surface area contributed by atoms with Crippen LogP contribution in [0.5, 0.6) is 0 Å². The number of nitrogens with one attached hydrogen (secondary N) is 1. The van der Waals surface area contributed by atoms with Crippen LogP contribution in [-0.4, -0.2) is 7.05 Å². The first kappa shape index (κ1) is 10.7. The molecule has 1 N–H and O–H groups in total. The topological polar surface area (TPSA) is 12.0 Å². The molecule has 0 heterocycles. The Hall–Kier alpha value is -1.33. The normalized spacial score (nSPS) is 12.1. The van der Waals surface area contributed by atoms with Gasteiger partial charge in [0.1, 0.15) is 5.82 Å². The van der Waals surface area contributed by atoms with Crippen LogP contribution in [0.2, 0.25) is 0 Å². The lowest BCUT2D eigenvalue weighted by Gasteiger charge is -2.15. The van der Waals surface area contributed by atoms with E-state index < -0.39 is 0 Å². The highest BCUT2D eigenvalue weighted by Crippen LogP contribution is 2.21. The van der Waals surface area contributed by atoms with Gasteiger partial charge in [0.15, 0.2) is 0 Å². The van der Waals surface area contributed by atoms with Gasteiger partial charge in [0.25, 0.3) is 0 Å². The largest absolute Gasteiger partial charge is 0.312 e. The van der Waals surface area contributed by atoms with Crippen LogP contribution in [0.15, 0.2) is 18.2 Å². The molecule has 0 amide bonds. The zero-order valence-electron chi connectivity index (χ0n) is 8.47. The van der Waals surface area contributed by atoms with E-state index in [1.54, 1.807) is 26.1 Å². The average Bonchev–Trinajstić information content (AvgIpc) is 2.19. The molecule has 0 aliphatic carbocycles. The van der Waals surface area contributed by atoms with Crippen molar-refractivity contribution >= 4 is 0 Å². The van der Waals surface area contributed by atoms with E-state index in [-0.39, 0.29) is 11.9 Å². The Morgan fingerprint density at radius 3 is 2.86 bits per heavy atom. The Balaban J connectivity index is 3.05. The van der Waals surface area contributed by atoms with Gasteiger partial charge < -0.3 is 5.32 Å². The molecule has 0 fully saturated rings. The SMILES string of the molecule is C#CCC(NC)c1cccc(C)c1F. The Morgan fingerprint density at radius 1 is 1.57 bits per heavy atom. The zero-order valence-corrected chi connectivity index (χ0v) is 8.47. The minimum atomic E-state index is -0.165. The van der Waals surface area contributed by atoms with Gasteiger partial charge in [0.2, 0.25) is 0 Å². The van der Waals surface area contributed by atoms with Crippen LogP contribution in [0.25, 0.3) is 0 Å². The van der Waals surface area contributed by atoms with Crippen molar-refractivity contribution in [2.45, 2.75) is 19.4 Å². The summed E-state index contributed by atoms with van der Waals surface area (Å²) >= 11 is 0. The third-order valence-corrected chi connectivity index (χ3v) is 2.27. The van der Waals surface area contributed by atoms with Crippen molar-refractivity contribution in [3.8, 4) is 12.3 Å². The monoisotopic (exact) mass is 191 g/mol. The lowest BCUT2D eigenvalue weighted by atomic mass is 10.0. The minimum absolute atomic E-state index is 0.0973. The van der Waals surface area contributed by atoms with Crippen LogP contribution in [0.1, 0.15) is 23.6 Å². The Kier molecular flexibility index (Phi) is 3.67. The standard InChI is InChI=1S/C12H14FN/c1-4-6-11(14-3)10-8-5-7-9(2)12(10)13/h1,5,7-8,11,14H,6H2,2-3H3. The Labute approximate surface area is 84.3 Å². The van der Waals surface area contributed by atoms with Gasteiger partial charge in [-0.1, -0.05) is 18.2 Å². The molecule has 1 unspecified atom stereocenters. The maximum Gasteiger partial charge on any atom is 0.130 e. The number of rotatable bonds is 3. The summed E-state index contributed by atoms with van der Waals surface area (Å²) in [6.45, 7) is 1.75. The lowest BCUT2D eigenvalue weighted by molar-refractivity contribution is 0.539. The van der Waals surface area contributed by atoms with Crippen molar-refractivity contribution in [1.82, 2.24) is 5.32 Å². The molecule has 1 atom stereocenters. The predicted molar refractivity (Wildman–Crippen MR) is 56.4 cm³/mol. The van der Waals surface area contributed by atoms with Crippen molar-refractivity contribution in [2.75, 3.05) is 7.05 Å². The molecule has 14 heavy (non-hydrogen) atoms. The number of hydrogen-bond acceptors (Lipinski definition) is 1. The quantitative estimate of drug-likeness (QED) is 0.723. The third kappa shape index (κ3) is 2.12.